The Balaban J connectivity index is 1.76. The molecule has 0 unspecified atom stereocenters. The highest BCUT2D eigenvalue weighted by atomic mass is 32.2. The van der Waals surface area contributed by atoms with Crippen LogP contribution in [0.2, 0.25) is 0 Å². The minimum atomic E-state index is -3.93. The van der Waals surface area contributed by atoms with Crippen molar-refractivity contribution in [3.05, 3.63) is 46.2 Å². The third kappa shape index (κ3) is 3.47. The van der Waals surface area contributed by atoms with Crippen molar-refractivity contribution in [3.8, 4) is 0 Å². The number of piperidine rings is 1. The highest BCUT2D eigenvalue weighted by Crippen LogP contribution is 2.33. The smallest absolute Gasteiger partial charge is 0.289 e. The van der Waals surface area contributed by atoms with Gasteiger partial charge in [0.05, 0.1) is 4.92 Å². The van der Waals surface area contributed by atoms with Gasteiger partial charge in [-0.05, 0) is 18.9 Å². The molecule has 0 radical (unpaired) electrons. The molecular weight excluding hydrogens is 360 g/mol. The summed E-state index contributed by atoms with van der Waals surface area (Å²) >= 11 is 0. The van der Waals surface area contributed by atoms with Gasteiger partial charge in [0.25, 0.3) is 5.69 Å². The second-order valence-electron chi connectivity index (χ2n) is 6.54. The Hall–Kier alpha value is -2.33. The zero-order valence-electron chi connectivity index (χ0n) is 14.5. The SMILES string of the molecule is CC(C)c1nnc(C2CCN(S(=O)(=O)c3ccccc3[N+](=O)[O-])CC2)o1. The summed E-state index contributed by atoms with van der Waals surface area (Å²) in [5.41, 5.74) is -0.409. The Labute approximate surface area is 151 Å². The summed E-state index contributed by atoms with van der Waals surface area (Å²) in [6.45, 7) is 4.41. The number of nitrogens with zero attached hydrogens (tertiary/aromatic N) is 4. The van der Waals surface area contributed by atoms with Gasteiger partial charge >= 0.3 is 0 Å². The van der Waals surface area contributed by atoms with E-state index in [0.717, 1.165) is 0 Å². The topological polar surface area (TPSA) is 119 Å². The van der Waals surface area contributed by atoms with Crippen molar-refractivity contribution in [1.29, 1.82) is 0 Å². The first-order chi connectivity index (χ1) is 12.3. The lowest BCUT2D eigenvalue weighted by atomic mass is 9.98. The van der Waals surface area contributed by atoms with Crippen LogP contribution in [0.5, 0.6) is 0 Å². The normalized spacial score (nSPS) is 16.9. The van der Waals surface area contributed by atoms with E-state index < -0.39 is 20.6 Å². The number of sulfonamides is 1. The van der Waals surface area contributed by atoms with Gasteiger partial charge in [-0.15, -0.1) is 10.2 Å². The van der Waals surface area contributed by atoms with Crippen LogP contribution in [0.25, 0.3) is 0 Å². The molecule has 10 heteroatoms. The minimum Gasteiger partial charge on any atom is -0.425 e. The maximum atomic E-state index is 12.8. The first-order valence-corrected chi connectivity index (χ1v) is 9.81. The third-order valence-electron chi connectivity index (χ3n) is 4.43. The zero-order valence-corrected chi connectivity index (χ0v) is 15.3. The van der Waals surface area contributed by atoms with Gasteiger partial charge < -0.3 is 4.42 Å². The number of para-hydroxylation sites is 1. The molecule has 1 aliphatic heterocycles. The van der Waals surface area contributed by atoms with E-state index in [4.69, 9.17) is 4.42 Å². The molecule has 1 saturated heterocycles. The Bertz CT molecular complexity index is 901. The lowest BCUT2D eigenvalue weighted by Crippen LogP contribution is -2.38. The Morgan fingerprint density at radius 2 is 1.88 bits per heavy atom. The van der Waals surface area contributed by atoms with Crippen LogP contribution in [-0.2, 0) is 10.0 Å². The van der Waals surface area contributed by atoms with Crippen molar-refractivity contribution >= 4 is 15.7 Å². The van der Waals surface area contributed by atoms with Crippen LogP contribution in [0.1, 0.15) is 50.3 Å². The summed E-state index contributed by atoms with van der Waals surface area (Å²) in [6.07, 6.45) is 1.05. The van der Waals surface area contributed by atoms with Crippen LogP contribution >= 0.6 is 0 Å². The Morgan fingerprint density at radius 3 is 2.46 bits per heavy atom. The molecule has 1 aliphatic rings. The van der Waals surface area contributed by atoms with Crippen molar-refractivity contribution in [2.75, 3.05) is 13.1 Å². The second kappa shape index (κ2) is 7.12. The number of benzene rings is 1. The van der Waals surface area contributed by atoms with Crippen LogP contribution in [0.3, 0.4) is 0 Å². The fourth-order valence-electron chi connectivity index (χ4n) is 2.95. The molecule has 2 heterocycles. The van der Waals surface area contributed by atoms with Crippen LogP contribution in [0.4, 0.5) is 5.69 Å². The average Bonchev–Trinajstić information content (AvgIpc) is 3.12. The fourth-order valence-corrected chi connectivity index (χ4v) is 4.58. The number of aromatic nitrogens is 2. The van der Waals surface area contributed by atoms with E-state index in [1.807, 2.05) is 13.8 Å². The van der Waals surface area contributed by atoms with Gasteiger partial charge in [0.1, 0.15) is 0 Å². The van der Waals surface area contributed by atoms with Gasteiger partial charge in [-0.2, -0.15) is 4.31 Å². The molecule has 1 aromatic heterocycles. The van der Waals surface area contributed by atoms with Gasteiger partial charge in [0.15, 0.2) is 4.90 Å². The number of hydrogen-bond donors (Lipinski definition) is 0. The maximum absolute atomic E-state index is 12.8. The molecule has 9 nitrogen and oxygen atoms in total. The number of rotatable bonds is 5. The first-order valence-electron chi connectivity index (χ1n) is 8.37. The maximum Gasteiger partial charge on any atom is 0.289 e. The summed E-state index contributed by atoms with van der Waals surface area (Å²) in [5.74, 6) is 1.22. The van der Waals surface area contributed by atoms with Crippen LogP contribution in [0, 0.1) is 10.1 Å². The van der Waals surface area contributed by atoms with Crippen LogP contribution in [0.15, 0.2) is 33.6 Å². The monoisotopic (exact) mass is 380 g/mol. The highest BCUT2D eigenvalue weighted by Gasteiger charge is 2.35. The van der Waals surface area contributed by atoms with Gasteiger partial charge in [0, 0.05) is 31.0 Å². The van der Waals surface area contributed by atoms with E-state index in [1.54, 1.807) is 0 Å². The molecule has 1 fully saturated rings. The van der Waals surface area contributed by atoms with Crippen molar-refractivity contribution in [2.45, 2.75) is 43.4 Å². The molecule has 0 bridgehead atoms. The zero-order chi connectivity index (χ0) is 18.9. The lowest BCUT2D eigenvalue weighted by molar-refractivity contribution is -0.387. The molecule has 0 amide bonds. The number of nitro benzene ring substituents is 1. The number of hydrogen-bond acceptors (Lipinski definition) is 7. The predicted octanol–water partition coefficient (Wildman–Crippen LogP) is 2.67. The van der Waals surface area contributed by atoms with Crippen molar-refractivity contribution < 1.29 is 17.8 Å². The molecule has 26 heavy (non-hydrogen) atoms. The van der Waals surface area contributed by atoms with Gasteiger partial charge in [-0.1, -0.05) is 26.0 Å². The second-order valence-corrected chi connectivity index (χ2v) is 8.44. The standard InChI is InChI=1S/C16H20N4O5S/c1-11(2)15-17-18-16(25-15)12-7-9-19(10-8-12)26(23,24)14-6-4-3-5-13(14)20(21)22/h3-6,11-12H,7-10H2,1-2H3. The Kier molecular flexibility index (Phi) is 5.05. The molecule has 1 aromatic carbocycles. The summed E-state index contributed by atoms with van der Waals surface area (Å²) < 4.78 is 32.6. The predicted molar refractivity (Wildman–Crippen MR) is 92.2 cm³/mol. The van der Waals surface area contributed by atoms with Gasteiger partial charge in [-0.25, -0.2) is 8.42 Å². The van der Waals surface area contributed by atoms with E-state index in [-0.39, 0.29) is 29.8 Å². The quantitative estimate of drug-likeness (QED) is 0.577. The van der Waals surface area contributed by atoms with E-state index in [2.05, 4.69) is 10.2 Å². The highest BCUT2D eigenvalue weighted by molar-refractivity contribution is 7.89. The molecule has 0 saturated carbocycles. The molecule has 0 N–H and O–H groups in total. The van der Waals surface area contributed by atoms with Crippen LogP contribution < -0.4 is 0 Å². The summed E-state index contributed by atoms with van der Waals surface area (Å²) in [5, 5.41) is 19.2. The van der Waals surface area contributed by atoms with Gasteiger partial charge in [0.2, 0.25) is 21.8 Å². The lowest BCUT2D eigenvalue weighted by Gasteiger charge is -2.29. The van der Waals surface area contributed by atoms with E-state index in [1.165, 1.54) is 28.6 Å². The first kappa shape index (κ1) is 18.5. The third-order valence-corrected chi connectivity index (χ3v) is 6.38. The van der Waals surface area contributed by atoms with Gasteiger partial charge in [-0.3, -0.25) is 10.1 Å². The largest absolute Gasteiger partial charge is 0.425 e. The molecule has 3 rings (SSSR count). The molecular formula is C16H20N4O5S. The minimum absolute atomic E-state index is 0.00721. The average molecular weight is 380 g/mol. The van der Waals surface area contributed by atoms with Crippen molar-refractivity contribution in [3.63, 3.8) is 0 Å². The van der Waals surface area contributed by atoms with Crippen molar-refractivity contribution in [2.24, 2.45) is 0 Å². The summed E-state index contributed by atoms with van der Waals surface area (Å²) in [4.78, 5) is 10.2. The molecule has 0 spiro atoms. The van der Waals surface area contributed by atoms with Crippen molar-refractivity contribution in [1.82, 2.24) is 14.5 Å². The fraction of sp³-hybridized carbons (Fsp3) is 0.500. The number of nitro groups is 1. The van der Waals surface area contributed by atoms with Crippen LogP contribution in [-0.4, -0.2) is 40.9 Å². The van der Waals surface area contributed by atoms with E-state index in [0.29, 0.717) is 24.6 Å². The van der Waals surface area contributed by atoms with E-state index >= 15 is 0 Å². The van der Waals surface area contributed by atoms with E-state index in [9.17, 15) is 18.5 Å². The molecule has 2 aromatic rings. The molecule has 0 aliphatic carbocycles. The summed E-state index contributed by atoms with van der Waals surface area (Å²) in [7, 11) is -3.93. The molecule has 0 atom stereocenters. The summed E-state index contributed by atoms with van der Waals surface area (Å²) in [6, 6.07) is 5.40. The molecule has 140 valence electrons. The Morgan fingerprint density at radius 1 is 1.23 bits per heavy atom.